The number of benzene rings is 3. The van der Waals surface area contributed by atoms with Crippen LogP contribution < -0.4 is 16.0 Å². The summed E-state index contributed by atoms with van der Waals surface area (Å²) in [6, 6.07) is 16.4. The largest absolute Gasteiger partial charge is 0.416 e. The molecule has 3 aromatic carbocycles. The van der Waals surface area contributed by atoms with Crippen LogP contribution >= 0.6 is 11.3 Å². The molecule has 0 saturated carbocycles. The fourth-order valence-corrected chi connectivity index (χ4v) is 10.6. The number of aliphatic hydroxyl groups is 1. The zero-order chi connectivity index (χ0) is 53.4. The number of likely N-dealkylation sites (tertiary alicyclic amines) is 1. The van der Waals surface area contributed by atoms with Crippen molar-refractivity contribution in [1.82, 2.24) is 55.2 Å². The molecule has 0 spiro atoms. The molecule has 4 aromatic heterocycles. The fraction of sp³-hybridized carbons (Fsp3) is 0.455. The molecule has 1 saturated heterocycles. The highest BCUT2D eigenvalue weighted by Crippen LogP contribution is 2.35. The summed E-state index contributed by atoms with van der Waals surface area (Å²) in [5, 5.41) is 34.1. The number of thiazole rings is 1. The lowest BCUT2D eigenvalue weighted by Gasteiger charge is -2.35. The van der Waals surface area contributed by atoms with Crippen LogP contribution in [0.5, 0.6) is 0 Å². The van der Waals surface area contributed by atoms with Crippen LogP contribution in [-0.2, 0) is 47.1 Å². The van der Waals surface area contributed by atoms with E-state index < -0.39 is 35.3 Å². The molecule has 0 radical (unpaired) electrons. The minimum Gasteiger partial charge on any atom is -0.391 e. The Hall–Kier alpha value is -6.93. The summed E-state index contributed by atoms with van der Waals surface area (Å²) in [4.78, 5) is 60.9. The Morgan fingerprint density at radius 3 is 2.33 bits per heavy atom. The van der Waals surface area contributed by atoms with E-state index in [9.17, 15) is 37.5 Å². The van der Waals surface area contributed by atoms with Crippen molar-refractivity contribution in [3.8, 4) is 16.1 Å². The monoisotopic (exact) mass is 1050 g/mol. The van der Waals surface area contributed by atoms with Crippen LogP contribution in [0, 0.1) is 12.3 Å². The number of hydrogen-bond donors (Lipinski definition) is 4. The maximum Gasteiger partial charge on any atom is 0.416 e. The normalized spacial score (nSPS) is 15.5. The van der Waals surface area contributed by atoms with Crippen LogP contribution in [0.4, 0.5) is 13.2 Å². The first-order valence-electron chi connectivity index (χ1n) is 25.7. The molecule has 1 aliphatic heterocycles. The molecule has 3 atom stereocenters. The van der Waals surface area contributed by atoms with Crippen molar-refractivity contribution in [1.29, 1.82) is 0 Å². The Morgan fingerprint density at radius 1 is 0.880 bits per heavy atom. The number of rotatable bonds is 22. The van der Waals surface area contributed by atoms with Crippen LogP contribution in [0.1, 0.15) is 118 Å². The van der Waals surface area contributed by atoms with E-state index in [0.29, 0.717) is 29.9 Å². The van der Waals surface area contributed by atoms with Crippen molar-refractivity contribution in [2.45, 2.75) is 136 Å². The van der Waals surface area contributed by atoms with Gasteiger partial charge >= 0.3 is 6.18 Å². The van der Waals surface area contributed by atoms with E-state index in [1.807, 2.05) is 68.3 Å². The van der Waals surface area contributed by atoms with Gasteiger partial charge in [0.05, 0.1) is 45.2 Å². The van der Waals surface area contributed by atoms with Crippen LogP contribution in [0.15, 0.2) is 84.6 Å². The summed E-state index contributed by atoms with van der Waals surface area (Å²) in [7, 11) is 1.77. The highest BCUT2D eigenvalue weighted by molar-refractivity contribution is 7.13. The number of aromatic nitrogens is 7. The molecule has 8 rings (SSSR count). The van der Waals surface area contributed by atoms with Gasteiger partial charge in [0.2, 0.25) is 17.7 Å². The van der Waals surface area contributed by atoms with Gasteiger partial charge < -0.3 is 26.0 Å². The maximum atomic E-state index is 14.1. The van der Waals surface area contributed by atoms with Gasteiger partial charge in [0, 0.05) is 74.3 Å². The number of amides is 4. The zero-order valence-electron chi connectivity index (χ0n) is 43.1. The quantitative estimate of drug-likeness (QED) is 0.0480. The number of aryl methyl sites for hydroxylation is 4. The van der Waals surface area contributed by atoms with Crippen molar-refractivity contribution in [2.24, 2.45) is 12.5 Å². The summed E-state index contributed by atoms with van der Waals surface area (Å²) >= 11 is 1.57. The SMILES string of the molecule is Cc1ncsc1-c1ccc(CNC(=O)C2C[C@@H](O)CN2C(=O)C(NC(=O)CCCCCc2cnnn2CCCCCCCNC(=O)c2ccc3c(c2)c2cn(C)nc2n3-c2ccc(C(F)(F)F)cc2)C(C)(C)C)cc1. The molecule has 75 heavy (non-hydrogen) atoms. The third-order valence-corrected chi connectivity index (χ3v) is 14.8. The van der Waals surface area contributed by atoms with E-state index >= 15 is 0 Å². The average molecular weight is 1050 g/mol. The molecule has 2 unspecified atom stereocenters. The number of aliphatic hydroxyl groups excluding tert-OH is 1. The molecule has 20 heteroatoms. The summed E-state index contributed by atoms with van der Waals surface area (Å²) < 4.78 is 45.1. The minimum atomic E-state index is -4.44. The number of alkyl halides is 3. The van der Waals surface area contributed by atoms with Gasteiger partial charge in [0.15, 0.2) is 5.65 Å². The number of halogens is 3. The lowest BCUT2D eigenvalue weighted by atomic mass is 9.85. The number of fused-ring (bicyclic) bond motifs is 3. The highest BCUT2D eigenvalue weighted by Gasteiger charge is 2.44. The lowest BCUT2D eigenvalue weighted by molar-refractivity contribution is -0.144. The van der Waals surface area contributed by atoms with Gasteiger partial charge in [-0.15, -0.1) is 16.4 Å². The average Bonchev–Trinajstić information content (AvgIpc) is 4.24. The topological polar surface area (TPSA) is 194 Å². The molecule has 4 N–H and O–H groups in total. The van der Waals surface area contributed by atoms with Crippen LogP contribution in [0.2, 0.25) is 0 Å². The Bertz CT molecular complexity index is 3100. The first-order valence-corrected chi connectivity index (χ1v) is 26.6. The van der Waals surface area contributed by atoms with Crippen LogP contribution in [-0.4, -0.2) is 99.2 Å². The third kappa shape index (κ3) is 13.3. The highest BCUT2D eigenvalue weighted by atomic mass is 32.1. The van der Waals surface area contributed by atoms with Crippen LogP contribution in [0.25, 0.3) is 38.1 Å². The predicted molar refractivity (Wildman–Crippen MR) is 282 cm³/mol. The zero-order valence-corrected chi connectivity index (χ0v) is 43.9. The number of carbonyl (C=O) groups is 4. The Kier molecular flexibility index (Phi) is 17.2. The number of unbranched alkanes of at least 4 members (excludes halogenated alkanes) is 6. The molecule has 1 aliphatic rings. The molecule has 4 amide bonds. The van der Waals surface area contributed by atoms with E-state index in [2.05, 4.69) is 36.3 Å². The van der Waals surface area contributed by atoms with Gasteiger partial charge in [-0.2, -0.15) is 18.3 Å². The molecular formula is C55H66F3N11O5S. The van der Waals surface area contributed by atoms with Gasteiger partial charge in [0.1, 0.15) is 12.1 Å². The molecule has 0 bridgehead atoms. The Balaban J connectivity index is 0.716. The smallest absolute Gasteiger partial charge is 0.391 e. The predicted octanol–water partition coefficient (Wildman–Crippen LogP) is 8.85. The maximum absolute atomic E-state index is 14.1. The summed E-state index contributed by atoms with van der Waals surface area (Å²) in [6.45, 7) is 9.12. The van der Waals surface area contributed by atoms with E-state index in [4.69, 9.17) is 0 Å². The molecule has 0 aliphatic carbocycles. The first kappa shape index (κ1) is 54.3. The summed E-state index contributed by atoms with van der Waals surface area (Å²) in [6.07, 6.45) is 6.37. The molecule has 1 fully saturated rings. The van der Waals surface area contributed by atoms with E-state index in [1.54, 1.807) is 52.0 Å². The Morgan fingerprint density at radius 2 is 1.61 bits per heavy atom. The minimum absolute atomic E-state index is 0.00760. The van der Waals surface area contributed by atoms with E-state index in [1.165, 1.54) is 17.0 Å². The third-order valence-electron chi connectivity index (χ3n) is 13.8. The molecular weight excluding hydrogens is 984 g/mol. The van der Waals surface area contributed by atoms with Gasteiger partial charge in [0.25, 0.3) is 5.91 Å². The molecule has 5 heterocycles. The molecule has 398 valence electrons. The number of β-amino-alcohol motifs (C(OH)–C–C–N with tert-alkyl or cyclic N) is 1. The number of nitrogens with one attached hydrogen (secondary N) is 3. The molecule has 16 nitrogen and oxygen atoms in total. The van der Waals surface area contributed by atoms with Crippen LogP contribution in [0.3, 0.4) is 0 Å². The van der Waals surface area contributed by atoms with E-state index in [0.717, 1.165) is 114 Å². The second kappa shape index (κ2) is 23.7. The van der Waals surface area contributed by atoms with Crippen molar-refractivity contribution >= 4 is 56.9 Å². The number of hydrogen-bond acceptors (Lipinski definition) is 10. The second-order valence-electron chi connectivity index (χ2n) is 20.6. The second-order valence-corrected chi connectivity index (χ2v) is 21.5. The van der Waals surface area contributed by atoms with Crippen molar-refractivity contribution in [3.63, 3.8) is 0 Å². The summed E-state index contributed by atoms with van der Waals surface area (Å²) in [5.41, 5.74) is 6.72. The molecule has 7 aromatic rings. The first-order chi connectivity index (χ1) is 35.8. The van der Waals surface area contributed by atoms with E-state index in [-0.39, 0.29) is 49.6 Å². The summed E-state index contributed by atoms with van der Waals surface area (Å²) in [5.74, 6) is -1.18. The Labute approximate surface area is 438 Å². The van der Waals surface area contributed by atoms with Crippen molar-refractivity contribution in [3.05, 3.63) is 113 Å². The fourth-order valence-electron chi connectivity index (χ4n) is 9.76. The lowest BCUT2D eigenvalue weighted by Crippen LogP contribution is -2.57. The standard InChI is InChI=1S/C55H66F3N11O5S/c1-35-48(75-34-61-35)37-18-16-36(17-19-37)30-60-52(73)46-29-42(70)32-67(46)53(74)49(54(2,3)4)63-47(71)15-11-9-10-14-41-31-62-65-68(41)27-13-8-6-7-12-26-59-51(72)38-20-25-45-43(28-38)44-33-66(5)64-50(44)69(45)40-23-21-39(22-24-40)55(56,57)58/h16-25,28,31,33-34,42,46,49,70H,6-15,26-27,29-30,32H2,1-5H3,(H,59,72)(H,60,73)(H,63,71)/t42-,46?,49?/m1/s1. The van der Waals surface area contributed by atoms with Gasteiger partial charge in [-0.3, -0.25) is 28.4 Å². The van der Waals surface area contributed by atoms with Gasteiger partial charge in [-0.25, -0.2) is 9.67 Å². The van der Waals surface area contributed by atoms with Crippen molar-refractivity contribution < 1.29 is 37.5 Å². The number of nitrogens with zero attached hydrogens (tertiary/aromatic N) is 8. The van der Waals surface area contributed by atoms with Gasteiger partial charge in [-0.05, 0) is 98.0 Å². The number of carbonyl (C=O) groups excluding carboxylic acids is 4. The van der Waals surface area contributed by atoms with Gasteiger partial charge in [-0.1, -0.05) is 75.9 Å². The van der Waals surface area contributed by atoms with Crippen molar-refractivity contribution in [2.75, 3.05) is 13.1 Å².